The van der Waals surface area contributed by atoms with Crippen LogP contribution < -0.4 is 4.57 Å². The molecule has 0 N–H and O–H groups in total. The van der Waals surface area contributed by atoms with E-state index in [4.69, 9.17) is 4.11 Å². The van der Waals surface area contributed by atoms with Gasteiger partial charge in [-0.1, -0.05) is 47.6 Å². The first-order chi connectivity index (χ1) is 11.6. The summed E-state index contributed by atoms with van der Waals surface area (Å²) in [4.78, 5) is 0. The fraction of sp³-hybridized carbons (Fsp3) is 0.500. The Balaban J connectivity index is 2.80. The van der Waals surface area contributed by atoms with E-state index in [1.165, 1.54) is 16.7 Å². The number of benzene rings is 1. The normalized spacial score (nSPS) is 15.0. The van der Waals surface area contributed by atoms with Crippen molar-refractivity contribution in [1.82, 2.24) is 0 Å². The van der Waals surface area contributed by atoms with Gasteiger partial charge >= 0.3 is 0 Å². The lowest BCUT2D eigenvalue weighted by molar-refractivity contribution is -0.660. The van der Waals surface area contributed by atoms with Gasteiger partial charge in [-0.3, -0.25) is 0 Å². The molecule has 0 aliphatic carbocycles. The summed E-state index contributed by atoms with van der Waals surface area (Å²) >= 11 is 0. The second-order valence-electron chi connectivity index (χ2n) is 8.62. The van der Waals surface area contributed by atoms with E-state index in [2.05, 4.69) is 60.6 Å². The van der Waals surface area contributed by atoms with E-state index in [-0.39, 0.29) is 10.8 Å². The third-order valence-corrected chi connectivity index (χ3v) is 4.41. The fourth-order valence-electron chi connectivity index (χ4n) is 3.06. The summed E-state index contributed by atoms with van der Waals surface area (Å²) in [6.45, 7) is 13.4. The molecule has 23 heavy (non-hydrogen) atoms. The second-order valence-corrected chi connectivity index (χ2v) is 8.62. The van der Waals surface area contributed by atoms with E-state index in [0.717, 1.165) is 11.3 Å². The molecule has 1 nitrogen and oxygen atoms in total. The van der Waals surface area contributed by atoms with Gasteiger partial charge in [0.25, 0.3) is 0 Å². The predicted octanol–water partition coefficient (Wildman–Crippen LogP) is 5.39. The van der Waals surface area contributed by atoms with Crippen molar-refractivity contribution in [2.75, 3.05) is 0 Å². The molecule has 0 unspecified atom stereocenters. The Hall–Kier alpha value is -1.63. The summed E-state index contributed by atoms with van der Waals surface area (Å²) in [7, 11) is 1.96. The molecule has 0 aliphatic rings. The summed E-state index contributed by atoms with van der Waals surface area (Å²) in [5, 5.41) is 0. The summed E-state index contributed by atoms with van der Waals surface area (Å²) in [6, 6.07) is 8.02. The highest BCUT2D eigenvalue weighted by Gasteiger charge is 2.27. The Morgan fingerprint density at radius 2 is 1.48 bits per heavy atom. The lowest BCUT2D eigenvalue weighted by Gasteiger charge is -2.31. The quantitative estimate of drug-likeness (QED) is 0.621. The number of rotatable bonds is 1. The van der Waals surface area contributed by atoms with Crippen molar-refractivity contribution in [3.63, 3.8) is 0 Å². The molecule has 1 heteroatoms. The molecule has 0 spiro atoms. The van der Waals surface area contributed by atoms with Crippen molar-refractivity contribution in [1.29, 1.82) is 0 Å². The molecule has 1 aromatic heterocycles. The maximum atomic E-state index is 7.74. The van der Waals surface area contributed by atoms with Crippen molar-refractivity contribution in [3.05, 3.63) is 52.7 Å². The van der Waals surface area contributed by atoms with Crippen LogP contribution in [-0.4, -0.2) is 0 Å². The van der Waals surface area contributed by atoms with Gasteiger partial charge in [0, 0.05) is 21.8 Å². The lowest BCUT2D eigenvalue weighted by Crippen LogP contribution is -2.31. The molecular weight excluding hydrogens is 278 g/mol. The third kappa shape index (κ3) is 3.65. The minimum Gasteiger partial charge on any atom is -0.201 e. The number of nitrogens with zero attached hydrogens (tertiary/aromatic N) is 1. The van der Waals surface area contributed by atoms with Gasteiger partial charge in [-0.05, 0) is 52.9 Å². The van der Waals surface area contributed by atoms with Crippen molar-refractivity contribution >= 4 is 0 Å². The van der Waals surface area contributed by atoms with Gasteiger partial charge in [-0.2, -0.15) is 0 Å². The van der Waals surface area contributed by atoms with E-state index in [0.29, 0.717) is 5.56 Å². The second kappa shape index (κ2) is 5.78. The van der Waals surface area contributed by atoms with Gasteiger partial charge < -0.3 is 0 Å². The molecule has 124 valence electrons. The maximum Gasteiger partial charge on any atom is 0.212 e. The molecule has 1 heterocycles. The van der Waals surface area contributed by atoms with Gasteiger partial charge in [0.05, 0.1) is 0 Å². The number of hydrogen-bond acceptors (Lipinski definition) is 0. The molecule has 0 bridgehead atoms. The predicted molar refractivity (Wildman–Crippen MR) is 99.9 cm³/mol. The van der Waals surface area contributed by atoms with Gasteiger partial charge in [-0.15, -0.1) is 0 Å². The molecule has 0 fully saturated rings. The molecule has 0 atom stereocenters. The van der Waals surface area contributed by atoms with Gasteiger partial charge in [0.15, 0.2) is 6.20 Å². The first kappa shape index (κ1) is 13.8. The van der Waals surface area contributed by atoms with E-state index < -0.39 is 6.85 Å². The number of pyridine rings is 1. The number of aromatic nitrogens is 1. The zero-order valence-corrected chi connectivity index (χ0v) is 15.8. The van der Waals surface area contributed by atoms with Crippen LogP contribution in [0.3, 0.4) is 0 Å². The standard InChI is InChI=1S/C22H32N/c1-15-10-11-23(9)20(12-15)17-14-19(22(6,7)8)18(13-16(17)2)21(3,4)5/h10-14H,1-9H3/q+1/i1D3. The lowest BCUT2D eigenvalue weighted by atomic mass is 9.73. The average molecular weight is 314 g/mol. The van der Waals surface area contributed by atoms with Crippen LogP contribution in [0.4, 0.5) is 0 Å². The van der Waals surface area contributed by atoms with E-state index in [1.54, 1.807) is 12.1 Å². The Bertz CT molecular complexity index is 819. The Labute approximate surface area is 146 Å². The van der Waals surface area contributed by atoms with Crippen LogP contribution in [0.2, 0.25) is 0 Å². The van der Waals surface area contributed by atoms with E-state index >= 15 is 0 Å². The minimum atomic E-state index is -2.10. The molecule has 0 aliphatic heterocycles. The Morgan fingerprint density at radius 3 is 2.00 bits per heavy atom. The third-order valence-electron chi connectivity index (χ3n) is 4.41. The maximum absolute atomic E-state index is 7.74. The summed E-state index contributed by atoms with van der Waals surface area (Å²) in [6.07, 6.45) is 1.84. The first-order valence-electron chi connectivity index (χ1n) is 9.78. The van der Waals surface area contributed by atoms with Crippen molar-refractivity contribution < 1.29 is 8.68 Å². The van der Waals surface area contributed by atoms with Crippen LogP contribution in [-0.2, 0) is 17.9 Å². The SMILES string of the molecule is [2H]C([2H])([2H])c1cc[n+](C)c(-c2cc(C(C)(C)C)c(C(C)(C)C)cc2C)c1. The smallest absolute Gasteiger partial charge is 0.201 e. The molecule has 2 aromatic rings. The fourth-order valence-corrected chi connectivity index (χ4v) is 3.06. The molecule has 0 saturated heterocycles. The Morgan fingerprint density at radius 1 is 0.913 bits per heavy atom. The Kier molecular flexibility index (Phi) is 3.46. The monoisotopic (exact) mass is 313 g/mol. The van der Waals surface area contributed by atoms with Crippen molar-refractivity contribution in [3.8, 4) is 11.3 Å². The minimum absolute atomic E-state index is 0.00523. The van der Waals surface area contributed by atoms with Gasteiger partial charge in [0.1, 0.15) is 7.05 Å². The molecule has 2 rings (SSSR count). The molecule has 1 aromatic carbocycles. The zero-order valence-electron chi connectivity index (χ0n) is 18.8. The van der Waals surface area contributed by atoms with Crippen LogP contribution in [0, 0.1) is 13.8 Å². The van der Waals surface area contributed by atoms with Crippen LogP contribution in [0.1, 0.15) is 67.9 Å². The highest BCUT2D eigenvalue weighted by molar-refractivity contribution is 5.65. The van der Waals surface area contributed by atoms with Crippen LogP contribution in [0.5, 0.6) is 0 Å². The van der Waals surface area contributed by atoms with E-state index in [9.17, 15) is 0 Å². The highest BCUT2D eigenvalue weighted by atomic mass is 14.9. The molecule has 0 saturated carbocycles. The number of hydrogen-bond donors (Lipinski definition) is 0. The summed E-state index contributed by atoms with van der Waals surface area (Å²) in [5.74, 6) is 0. The van der Waals surface area contributed by atoms with Crippen LogP contribution in [0.15, 0.2) is 30.5 Å². The largest absolute Gasteiger partial charge is 0.212 e. The molecular formula is C22H32N+. The summed E-state index contributed by atoms with van der Waals surface area (Å²) < 4.78 is 25.2. The zero-order chi connectivity index (χ0) is 20.1. The van der Waals surface area contributed by atoms with E-state index in [1.807, 2.05) is 17.8 Å². The van der Waals surface area contributed by atoms with Crippen LogP contribution in [0.25, 0.3) is 11.3 Å². The molecule has 0 radical (unpaired) electrons. The first-order valence-corrected chi connectivity index (χ1v) is 8.28. The van der Waals surface area contributed by atoms with Crippen molar-refractivity contribution in [2.45, 2.75) is 66.1 Å². The average Bonchev–Trinajstić information content (AvgIpc) is 2.44. The molecule has 0 amide bonds. The van der Waals surface area contributed by atoms with Gasteiger partial charge in [-0.25, -0.2) is 4.57 Å². The van der Waals surface area contributed by atoms with Crippen molar-refractivity contribution in [2.24, 2.45) is 7.05 Å². The summed E-state index contributed by atoms with van der Waals surface area (Å²) in [5.41, 5.74) is 6.28. The topological polar surface area (TPSA) is 3.88 Å². The van der Waals surface area contributed by atoms with Gasteiger partial charge in [0.2, 0.25) is 5.69 Å². The number of aryl methyl sites for hydroxylation is 3. The highest BCUT2D eigenvalue weighted by Crippen LogP contribution is 2.37. The van der Waals surface area contributed by atoms with Crippen LogP contribution >= 0.6 is 0 Å².